The molecular weight excluding hydrogens is 206 g/mol. The van der Waals surface area contributed by atoms with E-state index in [9.17, 15) is 4.79 Å². The van der Waals surface area contributed by atoms with Crippen molar-refractivity contribution in [1.82, 2.24) is 5.32 Å². The first kappa shape index (κ1) is 12.8. The molecule has 4 N–H and O–H groups in total. The monoisotopic (exact) mass is 227 g/mol. The van der Waals surface area contributed by atoms with Crippen LogP contribution in [-0.2, 0) is 4.79 Å². The average molecular weight is 227 g/mol. The summed E-state index contributed by atoms with van der Waals surface area (Å²) < 4.78 is 0. The van der Waals surface area contributed by atoms with Gasteiger partial charge in [0.1, 0.15) is 5.41 Å². The number of oxime groups is 1. The molecule has 1 amide bonds. The Morgan fingerprint density at radius 3 is 2.62 bits per heavy atom. The Labute approximate surface area is 96.1 Å². The molecule has 16 heavy (non-hydrogen) atoms. The van der Waals surface area contributed by atoms with Gasteiger partial charge in [-0.2, -0.15) is 0 Å². The van der Waals surface area contributed by atoms with E-state index < -0.39 is 5.41 Å². The standard InChI is InChI=1S/C11H21N3O2/c1-4-7-6-8(7)13-10(15)11(3,5-2)9(12)14-16/h7-8,16H,4-6H2,1-3H3,(H2,12,14)(H,13,15). The first-order valence-corrected chi connectivity index (χ1v) is 5.78. The van der Waals surface area contributed by atoms with E-state index in [4.69, 9.17) is 10.9 Å². The van der Waals surface area contributed by atoms with Crippen molar-refractivity contribution in [3.63, 3.8) is 0 Å². The number of hydrogen-bond donors (Lipinski definition) is 3. The predicted octanol–water partition coefficient (Wildman–Crippen LogP) is 1.06. The van der Waals surface area contributed by atoms with Crippen molar-refractivity contribution in [2.45, 2.75) is 46.1 Å². The van der Waals surface area contributed by atoms with Crippen LogP contribution in [0.1, 0.15) is 40.0 Å². The number of carbonyl (C=O) groups excluding carboxylic acids is 1. The highest BCUT2D eigenvalue weighted by molar-refractivity contribution is 6.06. The van der Waals surface area contributed by atoms with Crippen LogP contribution in [0.4, 0.5) is 0 Å². The van der Waals surface area contributed by atoms with Gasteiger partial charge < -0.3 is 16.3 Å². The predicted molar refractivity (Wildman–Crippen MR) is 62.1 cm³/mol. The summed E-state index contributed by atoms with van der Waals surface area (Å²) in [6.07, 6.45) is 2.63. The molecule has 1 rings (SSSR count). The van der Waals surface area contributed by atoms with Gasteiger partial charge in [-0.15, -0.1) is 0 Å². The van der Waals surface area contributed by atoms with Crippen LogP contribution < -0.4 is 11.1 Å². The second kappa shape index (κ2) is 4.72. The van der Waals surface area contributed by atoms with E-state index in [2.05, 4.69) is 17.4 Å². The van der Waals surface area contributed by atoms with Crippen molar-refractivity contribution >= 4 is 11.7 Å². The summed E-state index contributed by atoms with van der Waals surface area (Å²) in [6.45, 7) is 5.65. The van der Waals surface area contributed by atoms with Crippen LogP contribution in [0.5, 0.6) is 0 Å². The van der Waals surface area contributed by atoms with E-state index in [1.165, 1.54) is 0 Å². The summed E-state index contributed by atoms with van der Waals surface area (Å²) in [5.74, 6) is 0.421. The smallest absolute Gasteiger partial charge is 0.233 e. The molecule has 1 fully saturated rings. The maximum absolute atomic E-state index is 12.0. The van der Waals surface area contributed by atoms with Crippen LogP contribution in [0.15, 0.2) is 5.16 Å². The van der Waals surface area contributed by atoms with E-state index in [1.807, 2.05) is 6.92 Å². The summed E-state index contributed by atoms with van der Waals surface area (Å²) in [7, 11) is 0. The maximum Gasteiger partial charge on any atom is 0.233 e. The van der Waals surface area contributed by atoms with Crippen LogP contribution in [0.3, 0.4) is 0 Å². The third-order valence-electron chi connectivity index (χ3n) is 3.64. The first-order valence-electron chi connectivity index (χ1n) is 5.78. The quantitative estimate of drug-likeness (QED) is 0.284. The number of nitrogens with zero attached hydrogens (tertiary/aromatic N) is 1. The molecule has 0 radical (unpaired) electrons. The van der Waals surface area contributed by atoms with Gasteiger partial charge in [0.25, 0.3) is 0 Å². The highest BCUT2D eigenvalue weighted by Gasteiger charge is 2.42. The second-order valence-electron chi connectivity index (χ2n) is 4.65. The lowest BCUT2D eigenvalue weighted by atomic mass is 9.85. The van der Waals surface area contributed by atoms with Crippen molar-refractivity contribution < 1.29 is 10.0 Å². The lowest BCUT2D eigenvalue weighted by Gasteiger charge is -2.25. The summed E-state index contributed by atoms with van der Waals surface area (Å²) in [5, 5.41) is 14.6. The molecular formula is C11H21N3O2. The fourth-order valence-corrected chi connectivity index (χ4v) is 1.77. The Morgan fingerprint density at radius 1 is 1.62 bits per heavy atom. The fraction of sp³-hybridized carbons (Fsp3) is 0.818. The van der Waals surface area contributed by atoms with Gasteiger partial charge in [0.15, 0.2) is 5.84 Å². The fourth-order valence-electron chi connectivity index (χ4n) is 1.77. The zero-order valence-corrected chi connectivity index (χ0v) is 10.2. The van der Waals surface area contributed by atoms with Crippen LogP contribution in [0.2, 0.25) is 0 Å². The molecule has 92 valence electrons. The molecule has 0 aliphatic heterocycles. The molecule has 5 nitrogen and oxygen atoms in total. The molecule has 1 aliphatic rings. The summed E-state index contributed by atoms with van der Waals surface area (Å²) in [6, 6.07) is 0.273. The zero-order chi connectivity index (χ0) is 12.3. The van der Waals surface area contributed by atoms with Gasteiger partial charge in [-0.05, 0) is 25.7 Å². The third-order valence-corrected chi connectivity index (χ3v) is 3.64. The van der Waals surface area contributed by atoms with Crippen molar-refractivity contribution in [2.24, 2.45) is 22.2 Å². The first-order chi connectivity index (χ1) is 7.49. The largest absolute Gasteiger partial charge is 0.409 e. The Bertz CT molecular complexity index is 304. The van der Waals surface area contributed by atoms with E-state index in [0.29, 0.717) is 12.3 Å². The van der Waals surface area contributed by atoms with E-state index >= 15 is 0 Å². The van der Waals surface area contributed by atoms with Crippen molar-refractivity contribution in [3.05, 3.63) is 0 Å². The molecule has 5 heteroatoms. The van der Waals surface area contributed by atoms with Gasteiger partial charge in [-0.1, -0.05) is 25.4 Å². The molecule has 3 unspecified atom stereocenters. The number of amidine groups is 1. The number of nitrogens with one attached hydrogen (secondary N) is 1. The van der Waals surface area contributed by atoms with Crippen molar-refractivity contribution in [2.75, 3.05) is 0 Å². The number of rotatable bonds is 5. The topological polar surface area (TPSA) is 87.7 Å². The molecule has 0 spiro atoms. The van der Waals surface area contributed by atoms with Crippen LogP contribution in [0, 0.1) is 11.3 Å². The molecule has 1 saturated carbocycles. The minimum Gasteiger partial charge on any atom is -0.409 e. The second-order valence-corrected chi connectivity index (χ2v) is 4.65. The Morgan fingerprint density at radius 2 is 2.25 bits per heavy atom. The van der Waals surface area contributed by atoms with Crippen LogP contribution in [0.25, 0.3) is 0 Å². The SMILES string of the molecule is CCC1CC1NC(=O)C(C)(CC)C(N)=NO. The third kappa shape index (κ3) is 2.28. The number of carbonyl (C=O) groups is 1. The van der Waals surface area contributed by atoms with Gasteiger partial charge in [0.2, 0.25) is 5.91 Å². The van der Waals surface area contributed by atoms with Crippen LogP contribution in [-0.4, -0.2) is 23.0 Å². The summed E-state index contributed by atoms with van der Waals surface area (Å²) >= 11 is 0. The molecule has 0 saturated heterocycles. The van der Waals surface area contributed by atoms with Gasteiger partial charge >= 0.3 is 0 Å². The van der Waals surface area contributed by atoms with Gasteiger partial charge in [0.05, 0.1) is 0 Å². The van der Waals surface area contributed by atoms with Crippen LogP contribution >= 0.6 is 0 Å². The maximum atomic E-state index is 12.0. The van der Waals surface area contributed by atoms with Crippen molar-refractivity contribution in [3.8, 4) is 0 Å². The molecule has 0 bridgehead atoms. The van der Waals surface area contributed by atoms with Gasteiger partial charge in [0, 0.05) is 6.04 Å². The minimum atomic E-state index is -0.907. The highest BCUT2D eigenvalue weighted by atomic mass is 16.4. The van der Waals surface area contributed by atoms with E-state index in [0.717, 1.165) is 12.8 Å². The molecule has 0 aromatic heterocycles. The van der Waals surface area contributed by atoms with E-state index in [1.54, 1.807) is 6.92 Å². The Hall–Kier alpha value is -1.26. The Balaban J connectivity index is 2.63. The summed E-state index contributed by atoms with van der Waals surface area (Å²) in [4.78, 5) is 12.0. The lowest BCUT2D eigenvalue weighted by molar-refractivity contribution is -0.127. The number of nitrogens with two attached hydrogens (primary N) is 1. The zero-order valence-electron chi connectivity index (χ0n) is 10.2. The number of hydrogen-bond acceptors (Lipinski definition) is 3. The highest BCUT2D eigenvalue weighted by Crippen LogP contribution is 2.34. The van der Waals surface area contributed by atoms with Crippen molar-refractivity contribution in [1.29, 1.82) is 0 Å². The average Bonchev–Trinajstić information content (AvgIpc) is 3.04. The Kier molecular flexibility index (Phi) is 3.78. The molecule has 3 atom stereocenters. The molecule has 1 aliphatic carbocycles. The minimum absolute atomic E-state index is 0.0267. The van der Waals surface area contributed by atoms with Gasteiger partial charge in [-0.3, -0.25) is 4.79 Å². The molecule has 0 aromatic carbocycles. The lowest BCUT2D eigenvalue weighted by Crippen LogP contribution is -2.48. The summed E-state index contributed by atoms with van der Waals surface area (Å²) in [5.41, 5.74) is 4.66. The number of amides is 1. The molecule has 0 aromatic rings. The van der Waals surface area contributed by atoms with E-state index in [-0.39, 0.29) is 17.8 Å². The van der Waals surface area contributed by atoms with Gasteiger partial charge in [-0.25, -0.2) is 0 Å². The normalized spacial score (nSPS) is 28.3. The molecule has 0 heterocycles.